The Bertz CT molecular complexity index is 668. The van der Waals surface area contributed by atoms with Crippen LogP contribution in [0.3, 0.4) is 0 Å². The first-order chi connectivity index (χ1) is 10.4. The summed E-state index contributed by atoms with van der Waals surface area (Å²) in [5, 5.41) is 2.78. The van der Waals surface area contributed by atoms with Crippen LogP contribution in [0.1, 0.15) is 13.8 Å². The average Bonchev–Trinajstić information content (AvgIpc) is 2.91. The molecule has 2 heterocycles. The molecule has 2 aliphatic heterocycles. The molecule has 2 aliphatic rings. The quantitative estimate of drug-likeness (QED) is 0.846. The van der Waals surface area contributed by atoms with Crippen molar-refractivity contribution < 1.29 is 13.2 Å². The van der Waals surface area contributed by atoms with Gasteiger partial charge in [-0.25, -0.2) is 13.2 Å². The molecule has 2 atom stereocenters. The third-order valence-electron chi connectivity index (χ3n) is 4.44. The molecule has 6 nitrogen and oxygen atoms in total. The van der Waals surface area contributed by atoms with E-state index in [0.717, 1.165) is 24.5 Å². The fraction of sp³-hybridized carbons (Fsp3) is 0.533. The maximum absolute atomic E-state index is 12.1. The van der Waals surface area contributed by atoms with E-state index in [0.29, 0.717) is 0 Å². The predicted octanol–water partition coefficient (Wildman–Crippen LogP) is 1.23. The van der Waals surface area contributed by atoms with Crippen LogP contribution in [0.5, 0.6) is 0 Å². The molecule has 1 aromatic rings. The lowest BCUT2D eigenvalue weighted by molar-refractivity contribution is 0.251. The van der Waals surface area contributed by atoms with E-state index in [4.69, 9.17) is 0 Å². The van der Waals surface area contributed by atoms with E-state index >= 15 is 0 Å². The summed E-state index contributed by atoms with van der Waals surface area (Å²) in [5.74, 6) is 0.0750. The van der Waals surface area contributed by atoms with E-state index in [1.54, 1.807) is 4.90 Å². The molecule has 120 valence electrons. The van der Waals surface area contributed by atoms with Crippen LogP contribution < -0.4 is 15.1 Å². The summed E-state index contributed by atoms with van der Waals surface area (Å²) in [6.45, 7) is 6.03. The average molecular weight is 323 g/mol. The number of fused-ring (bicyclic) bond motifs is 1. The van der Waals surface area contributed by atoms with Crippen molar-refractivity contribution >= 4 is 27.2 Å². The molecule has 0 saturated carbocycles. The van der Waals surface area contributed by atoms with E-state index in [1.807, 2.05) is 24.3 Å². The number of carbonyl (C=O) groups is 1. The van der Waals surface area contributed by atoms with Crippen LogP contribution in [-0.2, 0) is 9.84 Å². The fourth-order valence-electron chi connectivity index (χ4n) is 3.32. The van der Waals surface area contributed by atoms with Gasteiger partial charge in [-0.2, -0.15) is 0 Å². The lowest BCUT2D eigenvalue weighted by atomic mass is 10.1. The normalized spacial score (nSPS) is 25.9. The summed E-state index contributed by atoms with van der Waals surface area (Å²) in [4.78, 5) is 15.9. The summed E-state index contributed by atoms with van der Waals surface area (Å²) in [6.07, 6.45) is 0. The summed E-state index contributed by atoms with van der Waals surface area (Å²) in [5.41, 5.74) is 1.85. The summed E-state index contributed by atoms with van der Waals surface area (Å²) >= 11 is 0. The predicted molar refractivity (Wildman–Crippen MR) is 87.2 cm³/mol. The SMILES string of the molecule is CCN(CC)c1ccc(N2C(=O)N[C@@H]3CS(=O)(=O)C[C@H]32)cc1. The third-order valence-corrected chi connectivity index (χ3v) is 6.15. The van der Waals surface area contributed by atoms with Gasteiger partial charge in [-0.1, -0.05) is 0 Å². The molecule has 2 saturated heterocycles. The molecule has 0 spiro atoms. The molecule has 22 heavy (non-hydrogen) atoms. The molecule has 2 amide bonds. The Morgan fingerprint density at radius 1 is 1.18 bits per heavy atom. The van der Waals surface area contributed by atoms with Crippen LogP contribution in [0.4, 0.5) is 16.2 Å². The van der Waals surface area contributed by atoms with Crippen molar-refractivity contribution in [1.82, 2.24) is 5.32 Å². The smallest absolute Gasteiger partial charge is 0.322 e. The van der Waals surface area contributed by atoms with Crippen LogP contribution >= 0.6 is 0 Å². The van der Waals surface area contributed by atoms with Gasteiger partial charge < -0.3 is 10.2 Å². The first-order valence-corrected chi connectivity index (χ1v) is 9.42. The van der Waals surface area contributed by atoms with E-state index in [-0.39, 0.29) is 29.6 Å². The van der Waals surface area contributed by atoms with E-state index in [2.05, 4.69) is 24.1 Å². The molecule has 3 rings (SSSR count). The highest BCUT2D eigenvalue weighted by Crippen LogP contribution is 2.30. The second-order valence-electron chi connectivity index (χ2n) is 5.76. The molecule has 0 aromatic heterocycles. The van der Waals surface area contributed by atoms with Gasteiger partial charge in [-0.15, -0.1) is 0 Å². The number of nitrogens with one attached hydrogen (secondary N) is 1. The lowest BCUT2D eigenvalue weighted by Gasteiger charge is -2.24. The molecule has 7 heteroatoms. The number of nitrogens with zero attached hydrogens (tertiary/aromatic N) is 2. The first-order valence-electron chi connectivity index (χ1n) is 7.60. The lowest BCUT2D eigenvalue weighted by Crippen LogP contribution is -2.36. The van der Waals surface area contributed by atoms with E-state index in [9.17, 15) is 13.2 Å². The minimum absolute atomic E-state index is 0.0359. The Labute approximate surface area is 131 Å². The Balaban J connectivity index is 1.86. The maximum atomic E-state index is 12.1. The number of sulfone groups is 1. The summed E-state index contributed by atoms with van der Waals surface area (Å²) in [7, 11) is -3.06. The van der Waals surface area contributed by atoms with Crippen molar-refractivity contribution in [3.8, 4) is 0 Å². The van der Waals surface area contributed by atoms with Crippen LogP contribution in [0.2, 0.25) is 0 Å². The van der Waals surface area contributed by atoms with Gasteiger partial charge in [0.25, 0.3) is 0 Å². The van der Waals surface area contributed by atoms with Crippen molar-refractivity contribution in [3.63, 3.8) is 0 Å². The highest BCUT2D eigenvalue weighted by atomic mass is 32.2. The van der Waals surface area contributed by atoms with E-state index < -0.39 is 9.84 Å². The fourth-order valence-corrected chi connectivity index (χ4v) is 5.21. The number of carbonyl (C=O) groups excluding carboxylic acids is 1. The van der Waals surface area contributed by atoms with Crippen LogP contribution in [0.15, 0.2) is 24.3 Å². The zero-order valence-corrected chi connectivity index (χ0v) is 13.6. The van der Waals surface area contributed by atoms with Crippen LogP contribution in [0, 0.1) is 0 Å². The van der Waals surface area contributed by atoms with E-state index in [1.165, 1.54) is 0 Å². The summed E-state index contributed by atoms with van der Waals surface area (Å²) in [6, 6.07) is 6.94. The van der Waals surface area contributed by atoms with Gasteiger partial charge >= 0.3 is 6.03 Å². The second-order valence-corrected chi connectivity index (χ2v) is 7.91. The van der Waals surface area contributed by atoms with Gasteiger partial charge in [0.05, 0.1) is 23.6 Å². The van der Waals surface area contributed by atoms with Crippen LogP contribution in [-0.4, -0.2) is 51.1 Å². The summed E-state index contributed by atoms with van der Waals surface area (Å²) < 4.78 is 23.5. The van der Waals surface area contributed by atoms with Gasteiger partial charge in [-0.05, 0) is 38.1 Å². The maximum Gasteiger partial charge on any atom is 0.322 e. The van der Waals surface area contributed by atoms with Gasteiger partial charge in [-0.3, -0.25) is 4.90 Å². The standard InChI is InChI=1S/C15H21N3O3S/c1-3-17(4-2)11-5-7-12(8-6-11)18-14-10-22(20,21)9-13(14)16-15(18)19/h5-8,13-14H,3-4,9-10H2,1-2H3,(H,16,19)/t13-,14-/m1/s1. The van der Waals surface area contributed by atoms with Crippen molar-refractivity contribution in [2.24, 2.45) is 0 Å². The highest BCUT2D eigenvalue weighted by molar-refractivity contribution is 7.91. The number of amides is 2. The highest BCUT2D eigenvalue weighted by Gasteiger charge is 2.49. The topological polar surface area (TPSA) is 69.7 Å². The Morgan fingerprint density at radius 3 is 2.41 bits per heavy atom. The number of rotatable bonds is 4. The number of hydrogen-bond donors (Lipinski definition) is 1. The van der Waals surface area contributed by atoms with Gasteiger partial charge in [0.2, 0.25) is 0 Å². The number of urea groups is 1. The monoisotopic (exact) mass is 323 g/mol. The van der Waals surface area contributed by atoms with Crippen molar-refractivity contribution in [2.75, 3.05) is 34.4 Å². The van der Waals surface area contributed by atoms with Crippen LogP contribution in [0.25, 0.3) is 0 Å². The molecule has 0 aliphatic carbocycles. The van der Waals surface area contributed by atoms with Gasteiger partial charge in [0, 0.05) is 24.5 Å². The molecule has 2 fully saturated rings. The molecule has 1 aromatic carbocycles. The number of hydrogen-bond acceptors (Lipinski definition) is 4. The number of anilines is 2. The largest absolute Gasteiger partial charge is 0.372 e. The Kier molecular flexibility index (Phi) is 3.76. The molecule has 0 radical (unpaired) electrons. The molecular formula is C15H21N3O3S. The second kappa shape index (κ2) is 5.46. The van der Waals surface area contributed by atoms with Gasteiger partial charge in [0.15, 0.2) is 9.84 Å². The van der Waals surface area contributed by atoms with Crippen molar-refractivity contribution in [2.45, 2.75) is 25.9 Å². The Hall–Kier alpha value is -1.76. The number of benzene rings is 1. The minimum atomic E-state index is -3.06. The first kappa shape index (κ1) is 15.1. The molecule has 0 unspecified atom stereocenters. The van der Waals surface area contributed by atoms with Crippen molar-refractivity contribution in [3.05, 3.63) is 24.3 Å². The van der Waals surface area contributed by atoms with Gasteiger partial charge in [0.1, 0.15) is 0 Å². The zero-order valence-electron chi connectivity index (χ0n) is 12.8. The molecule has 1 N–H and O–H groups in total. The third kappa shape index (κ3) is 2.54. The molecular weight excluding hydrogens is 302 g/mol. The van der Waals surface area contributed by atoms with Crippen molar-refractivity contribution in [1.29, 1.82) is 0 Å². The Morgan fingerprint density at radius 2 is 1.82 bits per heavy atom. The zero-order chi connectivity index (χ0) is 15.9. The minimum Gasteiger partial charge on any atom is -0.372 e. The molecule has 0 bridgehead atoms.